The Labute approximate surface area is 63.1 Å². The zero-order valence-electron chi connectivity index (χ0n) is 7.11. The van der Waals surface area contributed by atoms with Crippen LogP contribution < -0.4 is 0 Å². The standard InChI is InChI=1S/C9H16O/c1-4-6-9(10)7-8(3)5-2/h7H,4-6H2,1-3H3/b8-7+. The highest BCUT2D eigenvalue weighted by molar-refractivity contribution is 5.90. The minimum atomic E-state index is 0.266. The van der Waals surface area contributed by atoms with Gasteiger partial charge in [-0.1, -0.05) is 19.4 Å². The average Bonchev–Trinajstić information content (AvgIpc) is 1.88. The molecule has 0 radical (unpaired) electrons. The molecule has 0 N–H and O–H groups in total. The van der Waals surface area contributed by atoms with Crippen molar-refractivity contribution >= 4 is 5.78 Å². The van der Waals surface area contributed by atoms with Gasteiger partial charge in [0.05, 0.1) is 0 Å². The van der Waals surface area contributed by atoms with Crippen molar-refractivity contribution in [1.29, 1.82) is 0 Å². The van der Waals surface area contributed by atoms with Gasteiger partial charge < -0.3 is 0 Å². The molecule has 0 aliphatic heterocycles. The van der Waals surface area contributed by atoms with E-state index in [1.165, 1.54) is 5.57 Å². The second-order valence-electron chi connectivity index (χ2n) is 2.56. The third-order valence-corrected chi connectivity index (χ3v) is 1.46. The van der Waals surface area contributed by atoms with Gasteiger partial charge in [0.1, 0.15) is 0 Å². The fourth-order valence-corrected chi connectivity index (χ4v) is 0.695. The average molecular weight is 140 g/mol. The molecule has 0 heterocycles. The van der Waals surface area contributed by atoms with E-state index < -0.39 is 0 Å². The Bertz CT molecular complexity index is 134. The van der Waals surface area contributed by atoms with E-state index in [0.29, 0.717) is 6.42 Å². The van der Waals surface area contributed by atoms with E-state index in [-0.39, 0.29) is 5.78 Å². The summed E-state index contributed by atoms with van der Waals surface area (Å²) in [5.74, 6) is 0.266. The predicted octanol–water partition coefficient (Wildman–Crippen LogP) is 2.71. The molecule has 1 heteroatoms. The summed E-state index contributed by atoms with van der Waals surface area (Å²) in [6.07, 6.45) is 4.38. The van der Waals surface area contributed by atoms with Crippen molar-refractivity contribution in [1.82, 2.24) is 0 Å². The zero-order chi connectivity index (χ0) is 7.98. The Morgan fingerprint density at radius 1 is 1.40 bits per heavy atom. The van der Waals surface area contributed by atoms with Gasteiger partial charge in [0, 0.05) is 6.42 Å². The third kappa shape index (κ3) is 4.30. The summed E-state index contributed by atoms with van der Waals surface area (Å²) in [7, 11) is 0. The quantitative estimate of drug-likeness (QED) is 0.549. The molecular formula is C9H16O. The monoisotopic (exact) mass is 140 g/mol. The van der Waals surface area contributed by atoms with Gasteiger partial charge in [-0.05, 0) is 25.8 Å². The summed E-state index contributed by atoms with van der Waals surface area (Å²) in [6, 6.07) is 0. The fraction of sp³-hybridized carbons (Fsp3) is 0.667. The van der Waals surface area contributed by atoms with Crippen LogP contribution in [0.5, 0.6) is 0 Å². The Morgan fingerprint density at radius 2 is 2.00 bits per heavy atom. The highest BCUT2D eigenvalue weighted by Crippen LogP contribution is 2.00. The van der Waals surface area contributed by atoms with Crippen molar-refractivity contribution in [3.63, 3.8) is 0 Å². The highest BCUT2D eigenvalue weighted by Gasteiger charge is 1.94. The molecule has 0 unspecified atom stereocenters. The highest BCUT2D eigenvalue weighted by atomic mass is 16.1. The van der Waals surface area contributed by atoms with Crippen LogP contribution in [-0.4, -0.2) is 5.78 Å². The first-order valence-corrected chi connectivity index (χ1v) is 3.90. The first-order chi connectivity index (χ1) is 4.70. The summed E-state index contributed by atoms with van der Waals surface area (Å²) in [4.78, 5) is 10.9. The van der Waals surface area contributed by atoms with E-state index in [4.69, 9.17) is 0 Å². The van der Waals surface area contributed by atoms with Crippen LogP contribution in [0.2, 0.25) is 0 Å². The number of ketones is 1. The summed E-state index contributed by atoms with van der Waals surface area (Å²) in [6.45, 7) is 6.08. The number of hydrogen-bond donors (Lipinski definition) is 0. The van der Waals surface area contributed by atoms with E-state index >= 15 is 0 Å². The minimum absolute atomic E-state index is 0.266. The first-order valence-electron chi connectivity index (χ1n) is 3.90. The van der Waals surface area contributed by atoms with Gasteiger partial charge in [-0.15, -0.1) is 0 Å². The normalized spacial score (nSPS) is 11.7. The van der Waals surface area contributed by atoms with E-state index in [1.807, 2.05) is 13.8 Å². The van der Waals surface area contributed by atoms with Crippen LogP contribution in [0.4, 0.5) is 0 Å². The van der Waals surface area contributed by atoms with Crippen LogP contribution >= 0.6 is 0 Å². The second-order valence-corrected chi connectivity index (χ2v) is 2.56. The van der Waals surface area contributed by atoms with Gasteiger partial charge in [0.25, 0.3) is 0 Å². The largest absolute Gasteiger partial charge is 0.295 e. The van der Waals surface area contributed by atoms with Crippen molar-refractivity contribution in [2.45, 2.75) is 40.0 Å². The van der Waals surface area contributed by atoms with Crippen LogP contribution in [0.1, 0.15) is 40.0 Å². The van der Waals surface area contributed by atoms with E-state index in [9.17, 15) is 4.79 Å². The maximum absolute atomic E-state index is 10.9. The molecule has 0 bridgehead atoms. The number of rotatable bonds is 4. The molecule has 0 rings (SSSR count). The summed E-state index contributed by atoms with van der Waals surface area (Å²) < 4.78 is 0. The minimum Gasteiger partial charge on any atom is -0.295 e. The lowest BCUT2D eigenvalue weighted by atomic mass is 10.1. The van der Waals surface area contributed by atoms with Crippen molar-refractivity contribution in [2.24, 2.45) is 0 Å². The van der Waals surface area contributed by atoms with Crippen molar-refractivity contribution < 1.29 is 4.79 Å². The van der Waals surface area contributed by atoms with Crippen LogP contribution in [0, 0.1) is 0 Å². The lowest BCUT2D eigenvalue weighted by molar-refractivity contribution is -0.114. The molecular weight excluding hydrogens is 124 g/mol. The lowest BCUT2D eigenvalue weighted by Gasteiger charge is -1.93. The Morgan fingerprint density at radius 3 is 2.40 bits per heavy atom. The number of hydrogen-bond acceptors (Lipinski definition) is 1. The number of allylic oxidation sites excluding steroid dienone is 2. The third-order valence-electron chi connectivity index (χ3n) is 1.46. The topological polar surface area (TPSA) is 17.1 Å². The van der Waals surface area contributed by atoms with E-state index in [1.54, 1.807) is 6.08 Å². The fourth-order valence-electron chi connectivity index (χ4n) is 0.695. The molecule has 0 saturated heterocycles. The Hall–Kier alpha value is -0.590. The lowest BCUT2D eigenvalue weighted by Crippen LogP contribution is -1.91. The van der Waals surface area contributed by atoms with E-state index in [0.717, 1.165) is 12.8 Å². The molecule has 0 atom stereocenters. The van der Waals surface area contributed by atoms with Crippen LogP contribution in [0.15, 0.2) is 11.6 Å². The van der Waals surface area contributed by atoms with Gasteiger partial charge in [-0.25, -0.2) is 0 Å². The molecule has 0 aromatic carbocycles. The van der Waals surface area contributed by atoms with Gasteiger partial charge in [0.2, 0.25) is 0 Å². The molecule has 0 spiro atoms. The number of carbonyl (C=O) groups excluding carboxylic acids is 1. The van der Waals surface area contributed by atoms with Crippen LogP contribution in [0.25, 0.3) is 0 Å². The van der Waals surface area contributed by atoms with Crippen LogP contribution in [-0.2, 0) is 4.79 Å². The SMILES string of the molecule is CCCC(=O)/C=C(\C)CC. The molecule has 0 amide bonds. The van der Waals surface area contributed by atoms with Gasteiger partial charge in [0.15, 0.2) is 5.78 Å². The van der Waals surface area contributed by atoms with Gasteiger partial charge >= 0.3 is 0 Å². The molecule has 0 aromatic heterocycles. The van der Waals surface area contributed by atoms with Gasteiger partial charge in [-0.3, -0.25) is 4.79 Å². The number of carbonyl (C=O) groups is 1. The smallest absolute Gasteiger partial charge is 0.155 e. The molecule has 0 fully saturated rings. The van der Waals surface area contributed by atoms with Gasteiger partial charge in [-0.2, -0.15) is 0 Å². The second kappa shape index (κ2) is 5.21. The molecule has 0 aliphatic carbocycles. The molecule has 0 aromatic rings. The summed E-state index contributed by atoms with van der Waals surface area (Å²) >= 11 is 0. The van der Waals surface area contributed by atoms with E-state index in [2.05, 4.69) is 6.92 Å². The predicted molar refractivity (Wildman–Crippen MR) is 44.0 cm³/mol. The maximum atomic E-state index is 10.9. The molecule has 0 saturated carbocycles. The molecule has 0 aliphatic rings. The Kier molecular flexibility index (Phi) is 4.91. The zero-order valence-corrected chi connectivity index (χ0v) is 7.11. The van der Waals surface area contributed by atoms with Crippen molar-refractivity contribution in [3.8, 4) is 0 Å². The van der Waals surface area contributed by atoms with Crippen LogP contribution in [0.3, 0.4) is 0 Å². The summed E-state index contributed by atoms with van der Waals surface area (Å²) in [5, 5.41) is 0. The Balaban J connectivity index is 3.75. The summed E-state index contributed by atoms with van der Waals surface area (Å²) in [5.41, 5.74) is 1.18. The molecule has 10 heavy (non-hydrogen) atoms. The molecule has 58 valence electrons. The van der Waals surface area contributed by atoms with Crippen molar-refractivity contribution in [3.05, 3.63) is 11.6 Å². The maximum Gasteiger partial charge on any atom is 0.155 e. The first kappa shape index (κ1) is 9.41. The molecule has 1 nitrogen and oxygen atoms in total. The van der Waals surface area contributed by atoms with Crippen molar-refractivity contribution in [2.75, 3.05) is 0 Å².